The van der Waals surface area contributed by atoms with Crippen LogP contribution in [0.4, 0.5) is 11.5 Å². The molecule has 1 aromatic heterocycles. The second-order valence-electron chi connectivity index (χ2n) is 4.58. The van der Waals surface area contributed by atoms with Gasteiger partial charge in [-0.15, -0.1) is 0 Å². The minimum Gasteiger partial charge on any atom is -0.469 e. The van der Waals surface area contributed by atoms with Crippen molar-refractivity contribution < 1.29 is 19.2 Å². The van der Waals surface area contributed by atoms with Gasteiger partial charge in [0.2, 0.25) is 11.7 Å². The van der Waals surface area contributed by atoms with Crippen molar-refractivity contribution in [2.24, 2.45) is 5.92 Å². The highest BCUT2D eigenvalue weighted by molar-refractivity contribution is 9.10. The third-order valence-electron chi connectivity index (χ3n) is 3.22. The summed E-state index contributed by atoms with van der Waals surface area (Å²) >= 11 is 3.17. The van der Waals surface area contributed by atoms with E-state index < -0.39 is 16.8 Å². The van der Waals surface area contributed by atoms with Gasteiger partial charge in [-0.25, -0.2) is 4.98 Å². The van der Waals surface area contributed by atoms with Gasteiger partial charge in [-0.05, 0) is 22.9 Å². The number of carbonyl (C=O) groups is 2. The Balaban J connectivity index is 2.42. The molecule has 1 aliphatic rings. The summed E-state index contributed by atoms with van der Waals surface area (Å²) in [6, 6.07) is 1.30. The van der Waals surface area contributed by atoms with Gasteiger partial charge in [-0.2, -0.15) is 0 Å². The molecule has 0 saturated carbocycles. The summed E-state index contributed by atoms with van der Waals surface area (Å²) in [7, 11) is 1.24. The Bertz CT molecular complexity index is 634. The van der Waals surface area contributed by atoms with Gasteiger partial charge in [0, 0.05) is 23.5 Å². The molecule has 21 heavy (non-hydrogen) atoms. The SMILES string of the molecule is COC(=O)C1CC(=O)N(c2nc(C)c(Br)cc2[N+](=O)[O-])C1. The molecule has 1 unspecified atom stereocenters. The number of aryl methyl sites for hydroxylation is 1. The predicted octanol–water partition coefficient (Wildman–Crippen LogP) is 1.59. The monoisotopic (exact) mass is 357 g/mol. The number of anilines is 1. The van der Waals surface area contributed by atoms with E-state index in [-0.39, 0.29) is 30.4 Å². The maximum atomic E-state index is 12.0. The van der Waals surface area contributed by atoms with Crippen LogP contribution < -0.4 is 4.90 Å². The van der Waals surface area contributed by atoms with E-state index in [9.17, 15) is 19.7 Å². The number of ether oxygens (including phenoxy) is 1. The summed E-state index contributed by atoms with van der Waals surface area (Å²) in [5, 5.41) is 11.1. The van der Waals surface area contributed by atoms with E-state index in [0.29, 0.717) is 10.2 Å². The van der Waals surface area contributed by atoms with Crippen LogP contribution in [0.1, 0.15) is 12.1 Å². The molecule has 8 nitrogen and oxygen atoms in total. The molecule has 0 N–H and O–H groups in total. The first-order valence-electron chi connectivity index (χ1n) is 6.05. The van der Waals surface area contributed by atoms with Gasteiger partial charge >= 0.3 is 11.7 Å². The Labute approximate surface area is 128 Å². The molecule has 0 aliphatic carbocycles. The highest BCUT2D eigenvalue weighted by Gasteiger charge is 2.39. The summed E-state index contributed by atoms with van der Waals surface area (Å²) in [5.41, 5.74) is 0.233. The minimum atomic E-state index is -0.632. The molecule has 0 spiro atoms. The first-order valence-corrected chi connectivity index (χ1v) is 6.84. The molecular formula is C12H12BrN3O5. The van der Waals surface area contributed by atoms with Crippen LogP contribution in [0.15, 0.2) is 10.5 Å². The van der Waals surface area contributed by atoms with Gasteiger partial charge in [-0.1, -0.05) is 0 Å². The van der Waals surface area contributed by atoms with Gasteiger partial charge in [0.05, 0.1) is 23.6 Å². The second-order valence-corrected chi connectivity index (χ2v) is 5.44. The van der Waals surface area contributed by atoms with Crippen molar-refractivity contribution in [1.82, 2.24) is 4.98 Å². The lowest BCUT2D eigenvalue weighted by atomic mass is 10.1. The van der Waals surface area contributed by atoms with E-state index in [4.69, 9.17) is 0 Å². The van der Waals surface area contributed by atoms with Gasteiger partial charge < -0.3 is 4.74 Å². The van der Waals surface area contributed by atoms with Crippen LogP contribution in [0.25, 0.3) is 0 Å². The molecule has 1 fully saturated rings. The predicted molar refractivity (Wildman–Crippen MR) is 75.8 cm³/mol. The molecule has 2 rings (SSSR count). The fraction of sp³-hybridized carbons (Fsp3) is 0.417. The van der Waals surface area contributed by atoms with Gasteiger partial charge in [0.15, 0.2) is 0 Å². The van der Waals surface area contributed by atoms with Gasteiger partial charge in [0.25, 0.3) is 0 Å². The Morgan fingerprint density at radius 3 is 2.86 bits per heavy atom. The fourth-order valence-electron chi connectivity index (χ4n) is 2.13. The average Bonchev–Trinajstić information content (AvgIpc) is 2.82. The number of aromatic nitrogens is 1. The molecular weight excluding hydrogens is 346 g/mol. The topological polar surface area (TPSA) is 103 Å². The lowest BCUT2D eigenvalue weighted by molar-refractivity contribution is -0.384. The molecule has 1 atom stereocenters. The van der Waals surface area contributed by atoms with Crippen LogP contribution in [0, 0.1) is 23.0 Å². The molecule has 9 heteroatoms. The number of hydrogen-bond donors (Lipinski definition) is 0. The van der Waals surface area contributed by atoms with Gasteiger partial charge in [0.1, 0.15) is 0 Å². The molecule has 0 aromatic carbocycles. The maximum absolute atomic E-state index is 12.0. The quantitative estimate of drug-likeness (QED) is 0.462. The summed E-state index contributed by atoms with van der Waals surface area (Å²) in [6.45, 7) is 1.69. The van der Waals surface area contributed by atoms with Crippen molar-refractivity contribution >= 4 is 39.3 Å². The number of pyridine rings is 1. The van der Waals surface area contributed by atoms with Crippen molar-refractivity contribution in [1.29, 1.82) is 0 Å². The third-order valence-corrected chi connectivity index (χ3v) is 4.03. The molecule has 1 saturated heterocycles. The molecule has 2 heterocycles. The normalized spacial score (nSPS) is 18.0. The first kappa shape index (κ1) is 15.4. The van der Waals surface area contributed by atoms with Crippen molar-refractivity contribution in [2.45, 2.75) is 13.3 Å². The smallest absolute Gasteiger partial charge is 0.313 e. The zero-order valence-corrected chi connectivity index (χ0v) is 12.9. The Hall–Kier alpha value is -2.03. The highest BCUT2D eigenvalue weighted by Crippen LogP contribution is 2.34. The maximum Gasteiger partial charge on any atom is 0.313 e. The van der Waals surface area contributed by atoms with Crippen LogP contribution in [0.3, 0.4) is 0 Å². The first-order chi connectivity index (χ1) is 9.85. The molecule has 1 amide bonds. The largest absolute Gasteiger partial charge is 0.469 e. The second kappa shape index (κ2) is 5.76. The Morgan fingerprint density at radius 1 is 1.62 bits per heavy atom. The highest BCUT2D eigenvalue weighted by atomic mass is 79.9. The summed E-state index contributed by atoms with van der Waals surface area (Å²) < 4.78 is 5.09. The van der Waals surface area contributed by atoms with Crippen molar-refractivity contribution in [3.63, 3.8) is 0 Å². The zero-order chi connectivity index (χ0) is 15.7. The number of halogens is 1. The van der Waals surface area contributed by atoms with Gasteiger partial charge in [-0.3, -0.25) is 24.6 Å². The number of methoxy groups -OCH3 is 1. The van der Waals surface area contributed by atoms with Crippen LogP contribution >= 0.6 is 15.9 Å². The Kier molecular flexibility index (Phi) is 4.21. The number of hydrogen-bond acceptors (Lipinski definition) is 6. The van der Waals surface area contributed by atoms with E-state index in [1.165, 1.54) is 18.1 Å². The number of carbonyl (C=O) groups excluding carboxylic acids is 2. The average molecular weight is 358 g/mol. The van der Waals surface area contributed by atoms with Crippen LogP contribution in [-0.2, 0) is 14.3 Å². The van der Waals surface area contributed by atoms with Crippen molar-refractivity contribution in [3.8, 4) is 0 Å². The molecule has 1 aliphatic heterocycles. The Morgan fingerprint density at radius 2 is 2.29 bits per heavy atom. The van der Waals surface area contributed by atoms with Crippen LogP contribution in [-0.4, -0.2) is 35.4 Å². The van der Waals surface area contributed by atoms with E-state index >= 15 is 0 Å². The number of nitrogens with zero attached hydrogens (tertiary/aromatic N) is 3. The van der Waals surface area contributed by atoms with Crippen molar-refractivity contribution in [2.75, 3.05) is 18.6 Å². The summed E-state index contributed by atoms with van der Waals surface area (Å²) in [6.07, 6.45) is -0.0411. The number of nitro groups is 1. The molecule has 0 radical (unpaired) electrons. The summed E-state index contributed by atoms with van der Waals surface area (Å²) in [5.74, 6) is -1.57. The van der Waals surface area contributed by atoms with Crippen LogP contribution in [0.5, 0.6) is 0 Å². The van der Waals surface area contributed by atoms with Crippen LogP contribution in [0.2, 0.25) is 0 Å². The summed E-state index contributed by atoms with van der Waals surface area (Å²) in [4.78, 5) is 39.3. The number of rotatable bonds is 3. The minimum absolute atomic E-state index is 0.0282. The lowest BCUT2D eigenvalue weighted by Gasteiger charge is -2.16. The number of esters is 1. The lowest BCUT2D eigenvalue weighted by Crippen LogP contribution is -2.28. The molecule has 1 aromatic rings. The fourth-order valence-corrected chi connectivity index (χ4v) is 2.43. The molecule has 0 bridgehead atoms. The van der Waals surface area contributed by atoms with E-state index in [0.717, 1.165) is 0 Å². The van der Waals surface area contributed by atoms with E-state index in [1.54, 1.807) is 6.92 Å². The van der Waals surface area contributed by atoms with E-state index in [2.05, 4.69) is 25.7 Å². The van der Waals surface area contributed by atoms with Crippen molar-refractivity contribution in [3.05, 3.63) is 26.3 Å². The molecule has 112 valence electrons. The zero-order valence-electron chi connectivity index (χ0n) is 11.3. The number of amides is 1. The van der Waals surface area contributed by atoms with E-state index in [1.807, 2.05) is 0 Å². The standard InChI is InChI=1S/C12H12BrN3O5/c1-6-8(13)4-9(16(19)20)11(14-6)15-5-7(3-10(15)17)12(18)21-2/h4,7H,3,5H2,1-2H3. The third kappa shape index (κ3) is 2.87.